The predicted octanol–water partition coefficient (Wildman–Crippen LogP) is 5.77. The second-order valence-electron chi connectivity index (χ2n) is 8.76. The van der Waals surface area contributed by atoms with E-state index in [1.807, 2.05) is 67.6 Å². The molecule has 0 fully saturated rings. The summed E-state index contributed by atoms with van der Waals surface area (Å²) in [4.78, 5) is 17.2. The van der Waals surface area contributed by atoms with Crippen molar-refractivity contribution >= 4 is 28.5 Å². The number of benzene rings is 3. The molecule has 7 heteroatoms. The van der Waals surface area contributed by atoms with Crippen molar-refractivity contribution in [1.29, 1.82) is 0 Å². The fourth-order valence-corrected chi connectivity index (χ4v) is 4.27. The van der Waals surface area contributed by atoms with E-state index in [2.05, 4.69) is 16.0 Å². The van der Waals surface area contributed by atoms with E-state index < -0.39 is 0 Å². The topological polar surface area (TPSA) is 65.4 Å². The van der Waals surface area contributed by atoms with Crippen LogP contribution in [0.4, 0.5) is 0 Å². The van der Waals surface area contributed by atoms with E-state index in [4.69, 9.17) is 26.1 Å². The van der Waals surface area contributed by atoms with Gasteiger partial charge in [0, 0.05) is 24.5 Å². The molecule has 188 valence electrons. The van der Waals surface area contributed by atoms with Crippen LogP contribution >= 0.6 is 11.6 Å². The third kappa shape index (κ3) is 6.79. The zero-order valence-electron chi connectivity index (χ0n) is 20.8. The maximum atomic E-state index is 12.3. The minimum atomic E-state index is 0.0169. The van der Waals surface area contributed by atoms with E-state index in [-0.39, 0.29) is 5.91 Å². The number of para-hydroxylation sites is 2. The first kappa shape index (κ1) is 25.6. The number of nitrogens with zero attached hydrogens (tertiary/aromatic N) is 2. The predicted molar refractivity (Wildman–Crippen MR) is 144 cm³/mol. The number of fused-ring (bicyclic) bond motifs is 1. The lowest BCUT2D eigenvalue weighted by molar-refractivity contribution is -0.120. The molecule has 6 nitrogen and oxygen atoms in total. The van der Waals surface area contributed by atoms with Crippen molar-refractivity contribution in [1.82, 2.24) is 14.9 Å². The quantitative estimate of drug-likeness (QED) is 0.248. The number of carbonyl (C=O) groups is 1. The average Bonchev–Trinajstić information content (AvgIpc) is 3.24. The zero-order valence-corrected chi connectivity index (χ0v) is 21.6. The van der Waals surface area contributed by atoms with Crippen LogP contribution in [0.1, 0.15) is 29.8 Å². The van der Waals surface area contributed by atoms with Crippen LogP contribution in [0.25, 0.3) is 11.0 Å². The summed E-state index contributed by atoms with van der Waals surface area (Å²) in [5.41, 5.74) is 4.09. The second kappa shape index (κ2) is 12.5. The molecule has 1 aromatic heterocycles. The minimum Gasteiger partial charge on any atom is -0.497 e. The summed E-state index contributed by atoms with van der Waals surface area (Å²) in [5, 5.41) is 3.77. The molecule has 3 aromatic carbocycles. The Morgan fingerprint density at radius 2 is 1.81 bits per heavy atom. The highest BCUT2D eigenvalue weighted by Crippen LogP contribution is 2.22. The number of hydrogen-bond acceptors (Lipinski definition) is 4. The Kier molecular flexibility index (Phi) is 8.85. The molecule has 0 bridgehead atoms. The van der Waals surface area contributed by atoms with Crippen molar-refractivity contribution in [3.05, 3.63) is 88.7 Å². The third-order valence-electron chi connectivity index (χ3n) is 6.08. The molecule has 0 radical (unpaired) electrons. The number of hydrogen-bond donors (Lipinski definition) is 1. The first-order valence-electron chi connectivity index (χ1n) is 12.3. The molecule has 0 aliphatic heterocycles. The van der Waals surface area contributed by atoms with E-state index in [0.29, 0.717) is 19.6 Å². The second-order valence-corrected chi connectivity index (χ2v) is 9.17. The Morgan fingerprint density at radius 1 is 1.03 bits per heavy atom. The molecule has 0 atom stereocenters. The van der Waals surface area contributed by atoms with Gasteiger partial charge in [-0.15, -0.1) is 0 Å². The van der Waals surface area contributed by atoms with E-state index >= 15 is 0 Å². The Bertz CT molecular complexity index is 1300. The number of imidazole rings is 1. The van der Waals surface area contributed by atoms with Gasteiger partial charge in [0.25, 0.3) is 0 Å². The summed E-state index contributed by atoms with van der Waals surface area (Å²) in [7, 11) is 1.63. The van der Waals surface area contributed by atoms with Gasteiger partial charge in [0.15, 0.2) is 0 Å². The molecule has 0 spiro atoms. The Hall–Kier alpha value is -3.51. The van der Waals surface area contributed by atoms with Gasteiger partial charge in [0.1, 0.15) is 17.3 Å². The van der Waals surface area contributed by atoms with Gasteiger partial charge >= 0.3 is 0 Å². The maximum absolute atomic E-state index is 12.3. The van der Waals surface area contributed by atoms with Crippen LogP contribution < -0.4 is 14.8 Å². The zero-order chi connectivity index (χ0) is 25.3. The number of halogens is 1. The van der Waals surface area contributed by atoms with Crippen molar-refractivity contribution in [2.24, 2.45) is 0 Å². The SMILES string of the molecule is COc1ccc(CC(=O)NCCCc2nc3ccccc3n2CCCOc2ccc(Cl)c(C)c2)cc1. The molecule has 0 aliphatic carbocycles. The van der Waals surface area contributed by atoms with Crippen LogP contribution in [-0.2, 0) is 24.2 Å². The molecule has 0 saturated heterocycles. The lowest BCUT2D eigenvalue weighted by Gasteiger charge is -2.11. The monoisotopic (exact) mass is 505 g/mol. The summed E-state index contributed by atoms with van der Waals surface area (Å²) in [6.07, 6.45) is 2.82. The van der Waals surface area contributed by atoms with Gasteiger partial charge in [0.2, 0.25) is 5.91 Å². The highest BCUT2D eigenvalue weighted by molar-refractivity contribution is 6.31. The number of aromatic nitrogens is 2. The maximum Gasteiger partial charge on any atom is 0.224 e. The van der Waals surface area contributed by atoms with Gasteiger partial charge in [-0.3, -0.25) is 4.79 Å². The van der Waals surface area contributed by atoms with E-state index in [1.54, 1.807) is 7.11 Å². The number of carbonyl (C=O) groups excluding carboxylic acids is 1. The van der Waals surface area contributed by atoms with Crippen molar-refractivity contribution < 1.29 is 14.3 Å². The third-order valence-corrected chi connectivity index (χ3v) is 6.50. The lowest BCUT2D eigenvalue weighted by atomic mass is 10.1. The van der Waals surface area contributed by atoms with E-state index in [1.165, 1.54) is 0 Å². The van der Waals surface area contributed by atoms with Crippen LogP contribution in [0, 0.1) is 6.92 Å². The number of aryl methyl sites for hydroxylation is 3. The van der Waals surface area contributed by atoms with Crippen LogP contribution in [-0.4, -0.2) is 35.7 Å². The molecule has 1 heterocycles. The molecule has 4 aromatic rings. The molecule has 1 amide bonds. The lowest BCUT2D eigenvalue weighted by Crippen LogP contribution is -2.26. The van der Waals surface area contributed by atoms with Crippen LogP contribution in [0.5, 0.6) is 11.5 Å². The van der Waals surface area contributed by atoms with Crippen molar-refractivity contribution in [3.8, 4) is 11.5 Å². The van der Waals surface area contributed by atoms with Crippen LogP contribution in [0.2, 0.25) is 5.02 Å². The standard InChI is InChI=1S/C29H32ClN3O3/c1-21-19-24(14-15-25(21)30)36-18-6-17-33-27-8-4-3-7-26(27)32-28(33)9-5-16-31-29(34)20-22-10-12-23(35-2)13-11-22/h3-4,7-8,10-15,19H,5-6,9,16-18,20H2,1-2H3,(H,31,34). The number of methoxy groups -OCH3 is 1. The molecular formula is C29H32ClN3O3. The largest absolute Gasteiger partial charge is 0.497 e. The summed E-state index contributed by atoms with van der Waals surface area (Å²) < 4.78 is 13.4. The Balaban J connectivity index is 1.28. The summed E-state index contributed by atoms with van der Waals surface area (Å²) in [6, 6.07) is 21.5. The molecule has 0 unspecified atom stereocenters. The van der Waals surface area contributed by atoms with Gasteiger partial charge in [-0.1, -0.05) is 35.9 Å². The first-order chi connectivity index (χ1) is 17.5. The van der Waals surface area contributed by atoms with Gasteiger partial charge in [0.05, 0.1) is 31.2 Å². The van der Waals surface area contributed by atoms with E-state index in [0.717, 1.165) is 70.3 Å². The normalized spacial score (nSPS) is 11.0. The molecule has 1 N–H and O–H groups in total. The number of nitrogens with one attached hydrogen (secondary N) is 1. The summed E-state index contributed by atoms with van der Waals surface area (Å²) >= 11 is 6.11. The molecule has 36 heavy (non-hydrogen) atoms. The van der Waals surface area contributed by atoms with Gasteiger partial charge < -0.3 is 19.4 Å². The average molecular weight is 506 g/mol. The molecule has 0 saturated carbocycles. The Morgan fingerprint density at radius 3 is 2.58 bits per heavy atom. The van der Waals surface area contributed by atoms with Crippen molar-refractivity contribution in [2.75, 3.05) is 20.3 Å². The number of rotatable bonds is 12. The summed E-state index contributed by atoms with van der Waals surface area (Å²) in [5.74, 6) is 2.66. The molecule has 0 aliphatic rings. The number of amides is 1. The smallest absolute Gasteiger partial charge is 0.224 e. The van der Waals surface area contributed by atoms with Crippen LogP contribution in [0.3, 0.4) is 0 Å². The van der Waals surface area contributed by atoms with Gasteiger partial charge in [-0.25, -0.2) is 4.98 Å². The number of ether oxygens (including phenoxy) is 2. The van der Waals surface area contributed by atoms with Crippen molar-refractivity contribution in [3.63, 3.8) is 0 Å². The summed E-state index contributed by atoms with van der Waals surface area (Å²) in [6.45, 7) is 4.00. The van der Waals surface area contributed by atoms with E-state index in [9.17, 15) is 4.79 Å². The fraction of sp³-hybridized carbons (Fsp3) is 0.310. The highest BCUT2D eigenvalue weighted by atomic mass is 35.5. The first-order valence-corrected chi connectivity index (χ1v) is 12.6. The van der Waals surface area contributed by atoms with Gasteiger partial charge in [-0.05, 0) is 73.4 Å². The minimum absolute atomic E-state index is 0.0169. The highest BCUT2D eigenvalue weighted by Gasteiger charge is 2.11. The Labute approximate surface area is 217 Å². The van der Waals surface area contributed by atoms with Crippen LogP contribution in [0.15, 0.2) is 66.7 Å². The molecular weight excluding hydrogens is 474 g/mol. The van der Waals surface area contributed by atoms with Gasteiger partial charge in [-0.2, -0.15) is 0 Å². The molecule has 4 rings (SSSR count). The fourth-order valence-electron chi connectivity index (χ4n) is 4.15. The van der Waals surface area contributed by atoms with Crippen molar-refractivity contribution in [2.45, 2.75) is 39.2 Å².